The lowest BCUT2D eigenvalue weighted by molar-refractivity contribution is -0.121. The molecule has 2 aliphatic heterocycles. The third-order valence-corrected chi connectivity index (χ3v) is 5.93. The lowest BCUT2D eigenvalue weighted by Crippen LogP contribution is -2.51. The van der Waals surface area contributed by atoms with Crippen molar-refractivity contribution in [2.24, 2.45) is 5.92 Å². The number of esters is 1. The molecule has 3 amide bonds. The molecule has 2 aromatic carbocycles. The average molecular weight is 452 g/mol. The van der Waals surface area contributed by atoms with Crippen LogP contribution >= 0.6 is 0 Å². The molecule has 8 nitrogen and oxygen atoms in total. The summed E-state index contributed by atoms with van der Waals surface area (Å²) in [5.74, 6) is -0.00650. The van der Waals surface area contributed by atoms with E-state index in [2.05, 4.69) is 5.32 Å². The molecule has 0 aromatic heterocycles. The predicted octanol–water partition coefficient (Wildman–Crippen LogP) is 3.92. The highest BCUT2D eigenvalue weighted by atomic mass is 16.5. The van der Waals surface area contributed by atoms with E-state index >= 15 is 0 Å². The summed E-state index contributed by atoms with van der Waals surface area (Å²) in [6, 6.07) is 14.2. The van der Waals surface area contributed by atoms with Crippen LogP contribution in [0.25, 0.3) is 0 Å². The van der Waals surface area contributed by atoms with Gasteiger partial charge in [-0.1, -0.05) is 18.2 Å². The summed E-state index contributed by atoms with van der Waals surface area (Å²) in [5, 5.41) is 2.90. The minimum Gasteiger partial charge on any atom is -0.487 e. The summed E-state index contributed by atoms with van der Waals surface area (Å²) in [4.78, 5) is 41.5. The Hall–Kier alpha value is -3.55. The van der Waals surface area contributed by atoms with E-state index < -0.39 is 5.97 Å². The van der Waals surface area contributed by atoms with E-state index in [9.17, 15) is 14.4 Å². The number of rotatable bonds is 4. The first-order chi connectivity index (χ1) is 16.0. The number of benzene rings is 2. The first-order valence-electron chi connectivity index (χ1n) is 11.4. The third-order valence-electron chi connectivity index (χ3n) is 5.93. The molecule has 1 fully saturated rings. The molecule has 1 saturated heterocycles. The second kappa shape index (κ2) is 9.94. The van der Waals surface area contributed by atoms with Gasteiger partial charge in [0, 0.05) is 24.7 Å². The van der Waals surface area contributed by atoms with E-state index in [1.54, 1.807) is 41.0 Å². The Morgan fingerprint density at radius 2 is 1.85 bits per heavy atom. The Kier molecular flexibility index (Phi) is 6.82. The van der Waals surface area contributed by atoms with Crippen LogP contribution < -0.4 is 15.0 Å². The molecular weight excluding hydrogens is 422 g/mol. The number of anilines is 2. The molecule has 174 valence electrons. The second-order valence-corrected chi connectivity index (χ2v) is 8.34. The number of nitrogens with one attached hydrogen (secondary N) is 1. The van der Waals surface area contributed by atoms with Crippen LogP contribution in [0.5, 0.6) is 5.75 Å². The number of urea groups is 1. The number of ether oxygens (including phenoxy) is 2. The summed E-state index contributed by atoms with van der Waals surface area (Å²) >= 11 is 0. The fourth-order valence-electron chi connectivity index (χ4n) is 4.26. The lowest BCUT2D eigenvalue weighted by Gasteiger charge is -2.39. The fraction of sp³-hybridized carbons (Fsp3) is 0.400. The molecule has 33 heavy (non-hydrogen) atoms. The quantitative estimate of drug-likeness (QED) is 0.712. The fourth-order valence-corrected chi connectivity index (χ4v) is 4.26. The molecule has 0 bridgehead atoms. The van der Waals surface area contributed by atoms with E-state index in [4.69, 9.17) is 9.47 Å². The highest BCUT2D eigenvalue weighted by Gasteiger charge is 2.33. The van der Waals surface area contributed by atoms with Crippen molar-refractivity contribution in [1.82, 2.24) is 4.90 Å². The first-order valence-corrected chi connectivity index (χ1v) is 11.4. The summed E-state index contributed by atoms with van der Waals surface area (Å²) in [7, 11) is 0. The number of likely N-dealkylation sites (tertiary alicyclic amines) is 1. The normalized spacial score (nSPS) is 18.2. The number of hydrogen-bond donors (Lipinski definition) is 1. The summed E-state index contributed by atoms with van der Waals surface area (Å²) < 4.78 is 10.9. The van der Waals surface area contributed by atoms with Gasteiger partial charge in [0.15, 0.2) is 0 Å². The van der Waals surface area contributed by atoms with E-state index in [0.717, 1.165) is 5.69 Å². The molecule has 0 radical (unpaired) electrons. The van der Waals surface area contributed by atoms with Gasteiger partial charge >= 0.3 is 12.0 Å². The number of fused-ring (bicyclic) bond motifs is 1. The summed E-state index contributed by atoms with van der Waals surface area (Å²) in [6.45, 7) is 5.50. The number of para-hydroxylation sites is 2. The van der Waals surface area contributed by atoms with Crippen molar-refractivity contribution >= 4 is 29.3 Å². The zero-order valence-corrected chi connectivity index (χ0v) is 19.0. The van der Waals surface area contributed by atoms with Gasteiger partial charge in [0.05, 0.1) is 24.4 Å². The van der Waals surface area contributed by atoms with Crippen molar-refractivity contribution in [2.75, 3.05) is 36.5 Å². The Morgan fingerprint density at radius 3 is 2.61 bits per heavy atom. The van der Waals surface area contributed by atoms with Crippen molar-refractivity contribution in [2.45, 2.75) is 32.8 Å². The van der Waals surface area contributed by atoms with Crippen molar-refractivity contribution in [1.29, 1.82) is 0 Å². The number of carbonyl (C=O) groups excluding carboxylic acids is 3. The Balaban J connectivity index is 1.35. The molecule has 1 N–H and O–H groups in total. The van der Waals surface area contributed by atoms with E-state index in [-0.39, 0.29) is 24.0 Å². The van der Waals surface area contributed by atoms with Gasteiger partial charge < -0.3 is 19.7 Å². The monoisotopic (exact) mass is 451 g/mol. The molecule has 4 rings (SSSR count). The number of piperidine rings is 1. The highest BCUT2D eigenvalue weighted by Crippen LogP contribution is 2.34. The van der Waals surface area contributed by atoms with Crippen LogP contribution in [-0.4, -0.2) is 55.2 Å². The zero-order valence-electron chi connectivity index (χ0n) is 19.0. The van der Waals surface area contributed by atoms with Gasteiger partial charge in [-0.3, -0.25) is 9.69 Å². The number of hydrogen-bond acceptors (Lipinski definition) is 5. The third kappa shape index (κ3) is 5.10. The Labute approximate surface area is 193 Å². The molecule has 0 aliphatic carbocycles. The Morgan fingerprint density at radius 1 is 1.09 bits per heavy atom. The standard InChI is InChI=1S/C25H29N3O5/c1-3-32-24(30)19-7-6-8-20(15-19)26-23(29)18-11-13-27(14-12-18)25(31)28-16-17(2)33-22-10-5-4-9-21(22)28/h4-10,15,17-18H,3,11-14,16H2,1-2H3,(H,26,29)/t17-/m1/s1. The molecular formula is C25H29N3O5. The summed E-state index contributed by atoms with van der Waals surface area (Å²) in [6.07, 6.45) is 1.07. The maximum Gasteiger partial charge on any atom is 0.338 e. The highest BCUT2D eigenvalue weighted by molar-refractivity contribution is 5.96. The van der Waals surface area contributed by atoms with Gasteiger partial charge in [-0.05, 0) is 57.0 Å². The van der Waals surface area contributed by atoms with Gasteiger partial charge in [-0.25, -0.2) is 9.59 Å². The van der Waals surface area contributed by atoms with E-state index in [1.807, 2.05) is 31.2 Å². The molecule has 1 atom stereocenters. The van der Waals surface area contributed by atoms with Gasteiger partial charge in [-0.15, -0.1) is 0 Å². The molecule has 0 unspecified atom stereocenters. The van der Waals surface area contributed by atoms with Crippen molar-refractivity contribution in [3.63, 3.8) is 0 Å². The van der Waals surface area contributed by atoms with Crippen molar-refractivity contribution in [3.05, 3.63) is 54.1 Å². The van der Waals surface area contributed by atoms with E-state index in [0.29, 0.717) is 56.1 Å². The average Bonchev–Trinajstić information content (AvgIpc) is 2.83. The smallest absolute Gasteiger partial charge is 0.338 e. The minimum atomic E-state index is -0.417. The SMILES string of the molecule is CCOC(=O)c1cccc(NC(=O)C2CCN(C(=O)N3C[C@@H](C)Oc4ccccc43)CC2)c1. The first kappa shape index (κ1) is 22.6. The molecule has 2 aliphatic rings. The molecule has 2 heterocycles. The van der Waals surface area contributed by atoms with Gasteiger partial charge in [0.2, 0.25) is 5.91 Å². The van der Waals surface area contributed by atoms with Crippen LogP contribution in [0, 0.1) is 5.92 Å². The maximum absolute atomic E-state index is 13.2. The number of nitrogens with zero attached hydrogens (tertiary/aromatic N) is 2. The summed E-state index contributed by atoms with van der Waals surface area (Å²) in [5.41, 5.74) is 1.74. The van der Waals surface area contributed by atoms with Crippen LogP contribution in [0.15, 0.2) is 48.5 Å². The van der Waals surface area contributed by atoms with Crippen LogP contribution in [0.2, 0.25) is 0 Å². The van der Waals surface area contributed by atoms with Crippen LogP contribution in [-0.2, 0) is 9.53 Å². The lowest BCUT2D eigenvalue weighted by atomic mass is 9.96. The van der Waals surface area contributed by atoms with Crippen LogP contribution in [0.4, 0.5) is 16.2 Å². The van der Waals surface area contributed by atoms with Gasteiger partial charge in [0.25, 0.3) is 0 Å². The molecule has 2 aromatic rings. The second-order valence-electron chi connectivity index (χ2n) is 8.34. The van der Waals surface area contributed by atoms with Crippen LogP contribution in [0.1, 0.15) is 37.0 Å². The van der Waals surface area contributed by atoms with Crippen molar-refractivity contribution in [3.8, 4) is 5.75 Å². The zero-order chi connectivity index (χ0) is 23.4. The number of carbonyl (C=O) groups is 3. The molecule has 0 saturated carbocycles. The number of amides is 3. The van der Waals surface area contributed by atoms with Gasteiger partial charge in [0.1, 0.15) is 11.9 Å². The maximum atomic E-state index is 13.2. The minimum absolute atomic E-state index is 0.0569. The molecule has 0 spiro atoms. The van der Waals surface area contributed by atoms with Crippen LogP contribution in [0.3, 0.4) is 0 Å². The molecule has 8 heteroatoms. The predicted molar refractivity (Wildman–Crippen MR) is 125 cm³/mol. The van der Waals surface area contributed by atoms with E-state index in [1.165, 1.54) is 0 Å². The Bertz CT molecular complexity index is 1030. The largest absolute Gasteiger partial charge is 0.487 e. The van der Waals surface area contributed by atoms with Crippen molar-refractivity contribution < 1.29 is 23.9 Å². The van der Waals surface area contributed by atoms with Gasteiger partial charge in [-0.2, -0.15) is 0 Å². The topological polar surface area (TPSA) is 88.2 Å².